The number of hydrogen-bond acceptors (Lipinski definition) is 2. The molecule has 0 fully saturated rings. The van der Waals surface area contributed by atoms with Crippen molar-refractivity contribution in [2.24, 2.45) is 0 Å². The van der Waals surface area contributed by atoms with Crippen LogP contribution in [-0.2, 0) is 0 Å². The fourth-order valence-corrected chi connectivity index (χ4v) is 0.590. The van der Waals surface area contributed by atoms with Gasteiger partial charge in [-0.1, -0.05) is 18.6 Å². The van der Waals surface area contributed by atoms with Gasteiger partial charge in [-0.2, -0.15) is 0 Å². The van der Waals surface area contributed by atoms with E-state index in [1.54, 1.807) is 0 Å². The van der Waals surface area contributed by atoms with E-state index in [2.05, 4.69) is 12.2 Å². The molecule has 0 aliphatic rings. The number of hydrogen-bond donors (Lipinski definition) is 2. The molecule has 0 aromatic carbocycles. The van der Waals surface area contributed by atoms with E-state index in [-0.39, 0.29) is 6.61 Å². The van der Waals surface area contributed by atoms with Crippen LogP contribution in [0.4, 0.5) is 0 Å². The summed E-state index contributed by atoms with van der Waals surface area (Å²) in [5, 5.41) is 11.8. The standard InChI is InChI=1S/C8H17NO/c1-3-5-9-6-4-8(2)7-10/h4,9-10H,3,5-7H2,1-2H3/b8-4+. The van der Waals surface area contributed by atoms with Crippen LogP contribution in [0.3, 0.4) is 0 Å². The molecular weight excluding hydrogens is 126 g/mol. The van der Waals surface area contributed by atoms with Gasteiger partial charge < -0.3 is 10.4 Å². The number of aliphatic hydroxyl groups excluding tert-OH is 1. The zero-order chi connectivity index (χ0) is 7.82. The van der Waals surface area contributed by atoms with Crippen LogP contribution in [0.1, 0.15) is 20.3 Å². The Morgan fingerprint density at radius 3 is 2.80 bits per heavy atom. The van der Waals surface area contributed by atoms with Crippen molar-refractivity contribution in [2.45, 2.75) is 20.3 Å². The third-order valence-electron chi connectivity index (χ3n) is 1.27. The van der Waals surface area contributed by atoms with E-state index in [4.69, 9.17) is 5.11 Å². The maximum Gasteiger partial charge on any atom is 0.0639 e. The third-order valence-corrected chi connectivity index (χ3v) is 1.27. The largest absolute Gasteiger partial charge is 0.392 e. The Labute approximate surface area is 62.9 Å². The Bertz CT molecular complexity index is 99.4. The Morgan fingerprint density at radius 2 is 2.30 bits per heavy atom. The Morgan fingerprint density at radius 1 is 1.60 bits per heavy atom. The molecule has 0 aromatic heterocycles. The minimum atomic E-state index is 0.174. The minimum absolute atomic E-state index is 0.174. The second-order valence-electron chi connectivity index (χ2n) is 2.41. The lowest BCUT2D eigenvalue weighted by Gasteiger charge is -1.97. The highest BCUT2D eigenvalue weighted by Gasteiger charge is 1.83. The van der Waals surface area contributed by atoms with E-state index >= 15 is 0 Å². The van der Waals surface area contributed by atoms with Gasteiger partial charge in [-0.3, -0.25) is 0 Å². The van der Waals surface area contributed by atoms with Crippen molar-refractivity contribution in [3.05, 3.63) is 11.6 Å². The van der Waals surface area contributed by atoms with Gasteiger partial charge in [0.05, 0.1) is 6.61 Å². The molecule has 60 valence electrons. The highest BCUT2D eigenvalue weighted by atomic mass is 16.3. The molecule has 2 heteroatoms. The summed E-state index contributed by atoms with van der Waals surface area (Å²) in [4.78, 5) is 0. The summed E-state index contributed by atoms with van der Waals surface area (Å²) in [6.45, 7) is 6.16. The molecule has 0 unspecified atom stereocenters. The monoisotopic (exact) mass is 143 g/mol. The molecule has 0 spiro atoms. The molecule has 10 heavy (non-hydrogen) atoms. The molecule has 2 nitrogen and oxygen atoms in total. The summed E-state index contributed by atoms with van der Waals surface area (Å²) in [5.74, 6) is 0. The second kappa shape index (κ2) is 6.78. The molecule has 0 amide bonds. The second-order valence-corrected chi connectivity index (χ2v) is 2.41. The van der Waals surface area contributed by atoms with Crippen molar-refractivity contribution in [1.82, 2.24) is 5.32 Å². The molecular formula is C8H17NO. The first-order valence-corrected chi connectivity index (χ1v) is 3.78. The minimum Gasteiger partial charge on any atom is -0.392 e. The first kappa shape index (κ1) is 9.66. The average Bonchev–Trinajstić information content (AvgIpc) is 1.98. The number of nitrogens with one attached hydrogen (secondary N) is 1. The SMILES string of the molecule is CCCNC/C=C(\C)CO. The quantitative estimate of drug-likeness (QED) is 0.443. The molecule has 0 radical (unpaired) electrons. The number of aliphatic hydroxyl groups is 1. The van der Waals surface area contributed by atoms with Crippen LogP contribution in [0.2, 0.25) is 0 Å². The van der Waals surface area contributed by atoms with Crippen molar-refractivity contribution in [3.8, 4) is 0 Å². The molecule has 0 bridgehead atoms. The van der Waals surface area contributed by atoms with Crippen LogP contribution < -0.4 is 5.32 Å². The highest BCUT2D eigenvalue weighted by molar-refractivity contribution is 4.98. The van der Waals surface area contributed by atoms with Crippen LogP contribution in [0.5, 0.6) is 0 Å². The highest BCUT2D eigenvalue weighted by Crippen LogP contribution is 1.86. The fraction of sp³-hybridized carbons (Fsp3) is 0.750. The van der Waals surface area contributed by atoms with Gasteiger partial charge >= 0.3 is 0 Å². The van der Waals surface area contributed by atoms with Gasteiger partial charge in [-0.05, 0) is 19.9 Å². The molecule has 2 N–H and O–H groups in total. The predicted molar refractivity (Wildman–Crippen MR) is 44.0 cm³/mol. The van der Waals surface area contributed by atoms with E-state index in [0.29, 0.717) is 0 Å². The van der Waals surface area contributed by atoms with Crippen LogP contribution in [-0.4, -0.2) is 24.8 Å². The lowest BCUT2D eigenvalue weighted by Crippen LogP contribution is -2.14. The van der Waals surface area contributed by atoms with Crippen molar-refractivity contribution >= 4 is 0 Å². The summed E-state index contributed by atoms with van der Waals surface area (Å²) < 4.78 is 0. The van der Waals surface area contributed by atoms with Crippen LogP contribution >= 0.6 is 0 Å². The summed E-state index contributed by atoms with van der Waals surface area (Å²) in [6.07, 6.45) is 3.17. The molecule has 0 saturated carbocycles. The van der Waals surface area contributed by atoms with Crippen LogP contribution in [0.15, 0.2) is 11.6 Å². The van der Waals surface area contributed by atoms with E-state index < -0.39 is 0 Å². The first-order chi connectivity index (χ1) is 4.81. The van der Waals surface area contributed by atoms with Gasteiger partial charge in [-0.25, -0.2) is 0 Å². The van der Waals surface area contributed by atoms with Crippen molar-refractivity contribution in [2.75, 3.05) is 19.7 Å². The molecule has 0 atom stereocenters. The van der Waals surface area contributed by atoms with Gasteiger partial charge in [0.25, 0.3) is 0 Å². The van der Waals surface area contributed by atoms with Gasteiger partial charge in [0.1, 0.15) is 0 Å². The van der Waals surface area contributed by atoms with Crippen molar-refractivity contribution in [3.63, 3.8) is 0 Å². The van der Waals surface area contributed by atoms with Gasteiger partial charge in [0, 0.05) is 6.54 Å². The van der Waals surface area contributed by atoms with Crippen molar-refractivity contribution in [1.29, 1.82) is 0 Å². The topological polar surface area (TPSA) is 32.3 Å². The lowest BCUT2D eigenvalue weighted by atomic mass is 10.3. The van der Waals surface area contributed by atoms with E-state index in [0.717, 1.165) is 25.1 Å². The lowest BCUT2D eigenvalue weighted by molar-refractivity contribution is 0.331. The summed E-state index contributed by atoms with van der Waals surface area (Å²) in [6, 6.07) is 0. The first-order valence-electron chi connectivity index (χ1n) is 3.78. The van der Waals surface area contributed by atoms with E-state index in [1.807, 2.05) is 13.0 Å². The number of rotatable bonds is 5. The zero-order valence-corrected chi connectivity index (χ0v) is 6.85. The molecule has 0 rings (SSSR count). The Balaban J connectivity index is 3.16. The Kier molecular flexibility index (Phi) is 6.55. The molecule has 0 saturated heterocycles. The zero-order valence-electron chi connectivity index (χ0n) is 6.85. The van der Waals surface area contributed by atoms with Crippen LogP contribution in [0, 0.1) is 0 Å². The van der Waals surface area contributed by atoms with E-state index in [1.165, 1.54) is 0 Å². The van der Waals surface area contributed by atoms with E-state index in [9.17, 15) is 0 Å². The third kappa shape index (κ3) is 5.79. The van der Waals surface area contributed by atoms with Gasteiger partial charge in [0.2, 0.25) is 0 Å². The predicted octanol–water partition coefficient (Wildman–Crippen LogP) is 0.925. The molecule has 0 heterocycles. The van der Waals surface area contributed by atoms with Gasteiger partial charge in [0.15, 0.2) is 0 Å². The Hall–Kier alpha value is -0.340. The fourth-order valence-electron chi connectivity index (χ4n) is 0.590. The normalized spacial score (nSPS) is 12.1. The smallest absolute Gasteiger partial charge is 0.0639 e. The maximum absolute atomic E-state index is 8.60. The molecule has 0 aromatic rings. The van der Waals surface area contributed by atoms with Crippen molar-refractivity contribution < 1.29 is 5.11 Å². The maximum atomic E-state index is 8.60. The average molecular weight is 143 g/mol. The molecule has 0 aliphatic carbocycles. The summed E-state index contributed by atoms with van der Waals surface area (Å²) in [7, 11) is 0. The van der Waals surface area contributed by atoms with Gasteiger partial charge in [-0.15, -0.1) is 0 Å². The van der Waals surface area contributed by atoms with Crippen LogP contribution in [0.25, 0.3) is 0 Å². The molecule has 0 aliphatic heterocycles. The summed E-state index contributed by atoms with van der Waals surface area (Å²) in [5.41, 5.74) is 1.03. The summed E-state index contributed by atoms with van der Waals surface area (Å²) >= 11 is 0.